The van der Waals surface area contributed by atoms with E-state index < -0.39 is 29.7 Å². The van der Waals surface area contributed by atoms with E-state index in [1.807, 2.05) is 11.0 Å². The molecule has 0 bridgehead atoms. The molecule has 224 valence electrons. The van der Waals surface area contributed by atoms with E-state index >= 15 is 0 Å². The van der Waals surface area contributed by atoms with Gasteiger partial charge in [-0.25, -0.2) is 14.6 Å². The van der Waals surface area contributed by atoms with Gasteiger partial charge in [-0.05, 0) is 31.0 Å². The second-order valence-electron chi connectivity index (χ2n) is 10.2. The largest absolute Gasteiger partial charge is 0.493 e. The molecule has 3 unspecified atom stereocenters. The number of carbonyl (C=O) groups is 1. The summed E-state index contributed by atoms with van der Waals surface area (Å²) in [6.45, 7) is 1.38. The van der Waals surface area contributed by atoms with Crippen molar-refractivity contribution in [3.8, 4) is 5.75 Å². The summed E-state index contributed by atoms with van der Waals surface area (Å²) in [5.41, 5.74) is -1.74. The van der Waals surface area contributed by atoms with Gasteiger partial charge in [0.05, 0.1) is 19.3 Å². The highest BCUT2D eigenvalue weighted by Gasteiger charge is 2.54. The maximum Gasteiger partial charge on any atom is 0.493 e. The summed E-state index contributed by atoms with van der Waals surface area (Å²) in [4.78, 5) is 52.2. The summed E-state index contributed by atoms with van der Waals surface area (Å²) in [5.74, 6) is -1.86. The third-order valence-electron chi connectivity index (χ3n) is 7.79. The first-order valence-electron chi connectivity index (χ1n) is 13.4. The van der Waals surface area contributed by atoms with Crippen LogP contribution in [0.15, 0.2) is 56.8 Å². The average molecular weight is 592 g/mol. The number of nitrogens with one attached hydrogen (secondary N) is 1. The molecule has 6 rings (SSSR count). The van der Waals surface area contributed by atoms with Crippen LogP contribution >= 0.6 is 0 Å². The van der Waals surface area contributed by atoms with Crippen molar-refractivity contribution in [3.05, 3.63) is 69.5 Å². The van der Waals surface area contributed by atoms with Crippen molar-refractivity contribution >= 4 is 17.5 Å². The lowest BCUT2D eigenvalue weighted by molar-refractivity contribution is -0.203. The predicted molar refractivity (Wildman–Crippen MR) is 140 cm³/mol. The quantitative estimate of drug-likeness (QED) is 0.404. The maximum atomic E-state index is 14.0. The van der Waals surface area contributed by atoms with E-state index in [-0.39, 0.29) is 49.1 Å². The number of benzene rings is 1. The zero-order chi connectivity index (χ0) is 29.6. The van der Waals surface area contributed by atoms with E-state index in [9.17, 15) is 27.6 Å². The number of rotatable bonds is 8. The molecule has 3 atom stereocenters. The molecule has 16 heteroatoms. The second kappa shape index (κ2) is 10.8. The van der Waals surface area contributed by atoms with Crippen molar-refractivity contribution in [1.82, 2.24) is 24.3 Å². The summed E-state index contributed by atoms with van der Waals surface area (Å²) >= 11 is 0. The summed E-state index contributed by atoms with van der Waals surface area (Å²) in [6, 6.07) is 8.68. The van der Waals surface area contributed by atoms with Crippen LogP contribution in [0.1, 0.15) is 12.3 Å². The molecule has 3 aliphatic heterocycles. The molecule has 42 heavy (non-hydrogen) atoms. The number of anilines is 2. The number of likely N-dealkylation sites (tertiary alicyclic amines) is 1. The van der Waals surface area contributed by atoms with Gasteiger partial charge in [-0.3, -0.25) is 18.8 Å². The molecule has 0 saturated carbocycles. The number of nitrogens with zero attached hydrogens (tertiary/aromatic N) is 6. The first-order valence-corrected chi connectivity index (χ1v) is 13.4. The number of hydrogen-bond acceptors (Lipinski definition) is 11. The van der Waals surface area contributed by atoms with Crippen molar-refractivity contribution in [1.29, 1.82) is 0 Å². The Balaban J connectivity index is 1.45. The zero-order valence-electron chi connectivity index (χ0n) is 22.5. The molecular weight excluding hydrogens is 563 g/mol. The Morgan fingerprint density at radius 2 is 1.98 bits per heavy atom. The van der Waals surface area contributed by atoms with Gasteiger partial charge in [0, 0.05) is 26.2 Å². The van der Waals surface area contributed by atoms with E-state index in [1.54, 1.807) is 24.3 Å². The van der Waals surface area contributed by atoms with Crippen LogP contribution in [-0.2, 0) is 29.8 Å². The third kappa shape index (κ3) is 4.89. The predicted octanol–water partition coefficient (Wildman–Crippen LogP) is 1.04. The van der Waals surface area contributed by atoms with Crippen molar-refractivity contribution in [3.63, 3.8) is 0 Å². The highest BCUT2D eigenvalue weighted by Crippen LogP contribution is 2.42. The number of carbonyl (C=O) groups excluding carboxylic acids is 1. The van der Waals surface area contributed by atoms with Crippen LogP contribution < -0.4 is 31.3 Å². The molecule has 0 aliphatic carbocycles. The van der Waals surface area contributed by atoms with Crippen molar-refractivity contribution in [2.75, 3.05) is 36.2 Å². The second-order valence-corrected chi connectivity index (χ2v) is 10.2. The molecule has 1 N–H and O–H groups in total. The average Bonchev–Trinajstić information content (AvgIpc) is 3.75. The van der Waals surface area contributed by atoms with Gasteiger partial charge in [0.2, 0.25) is 5.89 Å². The highest BCUT2D eigenvalue weighted by atomic mass is 19.4. The smallest absolute Gasteiger partial charge is 0.492 e. The van der Waals surface area contributed by atoms with Crippen LogP contribution in [0.3, 0.4) is 0 Å². The summed E-state index contributed by atoms with van der Waals surface area (Å²) in [5, 5.41) is 4.01. The summed E-state index contributed by atoms with van der Waals surface area (Å²) in [7, 11) is 1.30. The molecule has 2 saturated heterocycles. The van der Waals surface area contributed by atoms with Crippen LogP contribution in [0.2, 0.25) is 0 Å². The maximum absolute atomic E-state index is 14.0. The minimum atomic E-state index is -5.33. The standard InChI is InChI=1S/C26H28F3N7O6/c1-32-21-20(22(37)34(25(32)39)10-12-40-17-5-3-2-4-6-17)35(15-19-31-8-11-41-19)24(36(21)42-23(38)26(27,28)29)33-9-7-16-13-30-14-18(16)33/h2-6,8,11,16,18,24,30H,7,9-10,12-15H2,1H3. The Morgan fingerprint density at radius 3 is 2.69 bits per heavy atom. The number of fused-ring (bicyclic) bond motifs is 2. The number of halogens is 3. The fourth-order valence-electron chi connectivity index (χ4n) is 5.92. The lowest BCUT2D eigenvalue weighted by Crippen LogP contribution is -2.59. The van der Waals surface area contributed by atoms with E-state index in [0.717, 1.165) is 27.2 Å². The van der Waals surface area contributed by atoms with Crippen LogP contribution in [0.5, 0.6) is 5.75 Å². The molecule has 3 aromatic rings. The van der Waals surface area contributed by atoms with E-state index in [1.165, 1.54) is 24.4 Å². The minimum absolute atomic E-state index is 0.0323. The Morgan fingerprint density at radius 1 is 1.19 bits per heavy atom. The molecule has 0 radical (unpaired) electrons. The summed E-state index contributed by atoms with van der Waals surface area (Å²) < 4.78 is 53.5. The van der Waals surface area contributed by atoms with Crippen LogP contribution in [0.25, 0.3) is 0 Å². The number of oxazole rings is 1. The number of hydroxylamine groups is 1. The van der Waals surface area contributed by atoms with E-state index in [4.69, 9.17) is 14.0 Å². The van der Waals surface area contributed by atoms with Crippen molar-refractivity contribution in [2.24, 2.45) is 13.0 Å². The number of para-hydroxylation sites is 1. The Kier molecular flexibility index (Phi) is 7.18. The number of hydrogen-bond donors (Lipinski definition) is 1. The number of alkyl halides is 3. The molecule has 1 aromatic carbocycles. The number of aromatic nitrogens is 3. The molecule has 0 spiro atoms. The first kappa shape index (κ1) is 27.8. The highest BCUT2D eigenvalue weighted by molar-refractivity contribution is 5.79. The monoisotopic (exact) mass is 591 g/mol. The van der Waals surface area contributed by atoms with Crippen LogP contribution in [0.4, 0.5) is 24.7 Å². The third-order valence-corrected chi connectivity index (χ3v) is 7.79. The lowest BCUT2D eigenvalue weighted by atomic mass is 10.1. The molecule has 5 heterocycles. The molecule has 0 amide bonds. The van der Waals surface area contributed by atoms with Crippen LogP contribution in [-0.4, -0.2) is 69.7 Å². The first-order chi connectivity index (χ1) is 20.1. The Labute approximate surface area is 236 Å². The zero-order valence-corrected chi connectivity index (χ0v) is 22.5. The van der Waals surface area contributed by atoms with Gasteiger partial charge < -0.3 is 24.2 Å². The minimum Gasteiger partial charge on any atom is -0.492 e. The van der Waals surface area contributed by atoms with Crippen molar-refractivity contribution in [2.45, 2.75) is 38.0 Å². The van der Waals surface area contributed by atoms with Gasteiger partial charge in [-0.2, -0.15) is 13.2 Å². The molecule has 3 aliphatic rings. The molecular formula is C26H28F3N7O6. The van der Waals surface area contributed by atoms with Gasteiger partial charge in [-0.1, -0.05) is 18.2 Å². The van der Waals surface area contributed by atoms with Gasteiger partial charge in [0.15, 0.2) is 17.8 Å². The fraction of sp³-hybridized carbons (Fsp3) is 0.462. The summed E-state index contributed by atoms with van der Waals surface area (Å²) in [6.07, 6.45) is -3.06. The lowest BCUT2D eigenvalue weighted by Gasteiger charge is -2.39. The van der Waals surface area contributed by atoms with Gasteiger partial charge in [-0.15, -0.1) is 5.06 Å². The molecule has 2 aromatic heterocycles. The SMILES string of the molecule is Cn1c2c(c(=O)n(CCOc3ccccc3)c1=O)N(Cc1ncco1)C(N1CCC3CNCC31)N2OC(=O)C(F)(F)F. The van der Waals surface area contributed by atoms with Gasteiger partial charge in [0.25, 0.3) is 5.56 Å². The van der Waals surface area contributed by atoms with E-state index in [0.29, 0.717) is 18.8 Å². The number of ether oxygens (including phenoxy) is 1. The molecule has 2 fully saturated rings. The van der Waals surface area contributed by atoms with Gasteiger partial charge >= 0.3 is 17.8 Å². The Bertz CT molecular complexity index is 1560. The topological polar surface area (TPSA) is 127 Å². The van der Waals surface area contributed by atoms with Crippen LogP contribution in [0, 0.1) is 5.92 Å². The Hall–Kier alpha value is -4.31. The fourth-order valence-corrected chi connectivity index (χ4v) is 5.92. The van der Waals surface area contributed by atoms with Gasteiger partial charge in [0.1, 0.15) is 18.6 Å². The normalized spacial score (nSPS) is 22.0. The van der Waals surface area contributed by atoms with Crippen molar-refractivity contribution < 1.29 is 32.0 Å². The van der Waals surface area contributed by atoms with E-state index in [2.05, 4.69) is 10.3 Å². The molecule has 13 nitrogen and oxygen atoms in total.